The molecular weight excluding hydrogens is 370 g/mol. The molecule has 1 aliphatic carbocycles. The van der Waals surface area contributed by atoms with Gasteiger partial charge < -0.3 is 19.7 Å². The topological polar surface area (TPSA) is 91.7 Å². The van der Waals surface area contributed by atoms with Crippen molar-refractivity contribution >= 4 is 17.5 Å². The second-order valence-corrected chi connectivity index (χ2v) is 8.13. The van der Waals surface area contributed by atoms with Crippen LogP contribution in [0.3, 0.4) is 0 Å². The second-order valence-electron chi connectivity index (χ2n) is 8.13. The minimum Gasteiger partial charge on any atom is -0.347 e. The third-order valence-corrected chi connectivity index (χ3v) is 6.40. The number of hydrogen-bond acceptors (Lipinski definition) is 5. The average Bonchev–Trinajstić information content (AvgIpc) is 3.22. The third kappa shape index (κ3) is 4.29. The average molecular weight is 397 g/mol. The van der Waals surface area contributed by atoms with Gasteiger partial charge in [-0.2, -0.15) is 5.26 Å². The summed E-state index contributed by atoms with van der Waals surface area (Å²) in [4.78, 5) is 27.5. The van der Waals surface area contributed by atoms with E-state index in [0.29, 0.717) is 50.4 Å². The van der Waals surface area contributed by atoms with Crippen molar-refractivity contribution in [3.63, 3.8) is 0 Å². The zero-order valence-electron chi connectivity index (χ0n) is 16.6. The molecule has 0 atom stereocenters. The smallest absolute Gasteiger partial charge is 0.227 e. The van der Waals surface area contributed by atoms with Gasteiger partial charge in [-0.15, -0.1) is 0 Å². The van der Waals surface area contributed by atoms with E-state index in [9.17, 15) is 9.59 Å². The molecule has 1 N–H and O–H groups in total. The van der Waals surface area contributed by atoms with Gasteiger partial charge in [-0.1, -0.05) is 12.1 Å². The number of carbonyl (C=O) groups is 2. The fourth-order valence-corrected chi connectivity index (χ4v) is 4.64. The Bertz CT molecular complexity index is 795. The predicted molar refractivity (Wildman–Crippen MR) is 106 cm³/mol. The molecule has 1 spiro atoms. The van der Waals surface area contributed by atoms with Crippen molar-refractivity contribution < 1.29 is 19.1 Å². The summed E-state index contributed by atoms with van der Waals surface area (Å²) < 4.78 is 11.5. The fourth-order valence-electron chi connectivity index (χ4n) is 4.64. The SMILES string of the molecule is N#Cc1ccccc1NC(=O)C1CCC(C(=O)N2CCC3(CC2)OCCO3)CC1. The van der Waals surface area contributed by atoms with Gasteiger partial charge in [0.15, 0.2) is 5.79 Å². The number of nitrogens with one attached hydrogen (secondary N) is 1. The zero-order chi connectivity index (χ0) is 20.3. The molecule has 0 aromatic heterocycles. The largest absolute Gasteiger partial charge is 0.347 e. The zero-order valence-corrected chi connectivity index (χ0v) is 16.6. The van der Waals surface area contributed by atoms with Gasteiger partial charge in [0.2, 0.25) is 11.8 Å². The molecule has 2 heterocycles. The highest BCUT2D eigenvalue weighted by Crippen LogP contribution is 2.35. The molecule has 29 heavy (non-hydrogen) atoms. The minimum absolute atomic E-state index is 0.00934. The van der Waals surface area contributed by atoms with E-state index in [-0.39, 0.29) is 23.7 Å². The molecule has 3 fully saturated rings. The van der Waals surface area contributed by atoms with E-state index in [0.717, 1.165) is 25.7 Å². The van der Waals surface area contributed by atoms with Gasteiger partial charge in [-0.05, 0) is 37.8 Å². The van der Waals surface area contributed by atoms with Crippen LogP contribution in [0.1, 0.15) is 44.1 Å². The lowest BCUT2D eigenvalue weighted by Gasteiger charge is -2.39. The number of anilines is 1. The van der Waals surface area contributed by atoms with Crippen LogP contribution in [0.4, 0.5) is 5.69 Å². The molecule has 1 aromatic rings. The highest BCUT2D eigenvalue weighted by molar-refractivity contribution is 5.94. The molecule has 2 saturated heterocycles. The Morgan fingerprint density at radius 3 is 2.31 bits per heavy atom. The molecular formula is C22H27N3O4. The molecule has 154 valence electrons. The summed E-state index contributed by atoms with van der Waals surface area (Å²) in [7, 11) is 0. The van der Waals surface area contributed by atoms with E-state index in [1.165, 1.54) is 0 Å². The standard InChI is InChI=1S/C22H27N3O4/c23-15-18-3-1-2-4-19(18)24-20(26)16-5-7-17(8-6-16)21(27)25-11-9-22(10-12-25)28-13-14-29-22/h1-4,16-17H,5-14H2,(H,24,26). The first-order valence-corrected chi connectivity index (χ1v) is 10.5. The van der Waals surface area contributed by atoms with Gasteiger partial charge in [0.05, 0.1) is 24.5 Å². The van der Waals surface area contributed by atoms with Crippen LogP contribution in [0.15, 0.2) is 24.3 Å². The maximum atomic E-state index is 12.9. The molecule has 2 amide bonds. The van der Waals surface area contributed by atoms with Gasteiger partial charge in [0.1, 0.15) is 6.07 Å². The number of benzene rings is 1. The van der Waals surface area contributed by atoms with Crippen molar-refractivity contribution in [3.8, 4) is 6.07 Å². The molecule has 1 saturated carbocycles. The predicted octanol–water partition coefficient (Wildman–Crippen LogP) is 2.67. The Kier molecular flexibility index (Phi) is 5.84. The van der Waals surface area contributed by atoms with E-state index in [2.05, 4.69) is 11.4 Å². The van der Waals surface area contributed by atoms with E-state index in [4.69, 9.17) is 14.7 Å². The maximum Gasteiger partial charge on any atom is 0.227 e. The van der Waals surface area contributed by atoms with Crippen molar-refractivity contribution in [2.45, 2.75) is 44.3 Å². The molecule has 0 bridgehead atoms. The lowest BCUT2D eigenvalue weighted by molar-refractivity contribution is -0.188. The van der Waals surface area contributed by atoms with Gasteiger partial charge in [0, 0.05) is 37.8 Å². The molecule has 7 heteroatoms. The molecule has 0 radical (unpaired) electrons. The Morgan fingerprint density at radius 1 is 1.03 bits per heavy atom. The van der Waals surface area contributed by atoms with E-state index in [1.807, 2.05) is 4.90 Å². The van der Waals surface area contributed by atoms with Crippen LogP contribution in [0.25, 0.3) is 0 Å². The van der Waals surface area contributed by atoms with E-state index in [1.54, 1.807) is 24.3 Å². The van der Waals surface area contributed by atoms with Crippen LogP contribution in [0, 0.1) is 23.2 Å². The molecule has 1 aromatic carbocycles. The quantitative estimate of drug-likeness (QED) is 0.847. The number of nitriles is 1. The highest BCUT2D eigenvalue weighted by Gasteiger charge is 2.42. The summed E-state index contributed by atoms with van der Waals surface area (Å²) in [6.07, 6.45) is 4.31. The van der Waals surface area contributed by atoms with Crippen LogP contribution >= 0.6 is 0 Å². The summed E-state index contributed by atoms with van der Waals surface area (Å²) in [5, 5.41) is 12.1. The first-order valence-electron chi connectivity index (χ1n) is 10.5. The molecule has 2 aliphatic heterocycles. The lowest BCUT2D eigenvalue weighted by atomic mass is 9.80. The first-order chi connectivity index (χ1) is 14.1. The second kappa shape index (κ2) is 8.52. The highest BCUT2D eigenvalue weighted by atomic mass is 16.7. The van der Waals surface area contributed by atoms with Crippen LogP contribution in [-0.2, 0) is 19.1 Å². The van der Waals surface area contributed by atoms with Crippen LogP contribution in [-0.4, -0.2) is 48.8 Å². The Hall–Kier alpha value is -2.43. The Balaban J connectivity index is 1.26. The van der Waals surface area contributed by atoms with Crippen molar-refractivity contribution in [2.75, 3.05) is 31.6 Å². The number of amides is 2. The fraction of sp³-hybridized carbons (Fsp3) is 0.591. The maximum absolute atomic E-state index is 12.9. The van der Waals surface area contributed by atoms with Gasteiger partial charge >= 0.3 is 0 Å². The number of hydrogen-bond donors (Lipinski definition) is 1. The summed E-state index contributed by atoms with van der Waals surface area (Å²) in [6.45, 7) is 2.62. The Morgan fingerprint density at radius 2 is 1.66 bits per heavy atom. The summed E-state index contributed by atoms with van der Waals surface area (Å²) in [6, 6.07) is 9.11. The van der Waals surface area contributed by atoms with E-state index >= 15 is 0 Å². The van der Waals surface area contributed by atoms with Gasteiger partial charge in [0.25, 0.3) is 0 Å². The number of likely N-dealkylation sites (tertiary alicyclic amines) is 1. The van der Waals surface area contributed by atoms with Crippen molar-refractivity contribution in [3.05, 3.63) is 29.8 Å². The number of para-hydroxylation sites is 1. The summed E-state index contributed by atoms with van der Waals surface area (Å²) in [5.74, 6) is -0.451. The van der Waals surface area contributed by atoms with Crippen molar-refractivity contribution in [1.82, 2.24) is 4.90 Å². The van der Waals surface area contributed by atoms with Crippen LogP contribution in [0.2, 0.25) is 0 Å². The monoisotopic (exact) mass is 397 g/mol. The Labute approximate surface area is 171 Å². The van der Waals surface area contributed by atoms with Gasteiger partial charge in [-0.3, -0.25) is 9.59 Å². The number of piperidine rings is 1. The van der Waals surface area contributed by atoms with E-state index < -0.39 is 5.79 Å². The summed E-state index contributed by atoms with van der Waals surface area (Å²) in [5.41, 5.74) is 1.01. The number of nitrogens with zero attached hydrogens (tertiary/aromatic N) is 2. The number of rotatable bonds is 3. The van der Waals surface area contributed by atoms with Crippen LogP contribution < -0.4 is 5.32 Å². The lowest BCUT2D eigenvalue weighted by Crippen LogP contribution is -2.49. The molecule has 4 rings (SSSR count). The molecule has 0 unspecified atom stereocenters. The molecule has 3 aliphatic rings. The molecule has 7 nitrogen and oxygen atoms in total. The van der Waals surface area contributed by atoms with Crippen molar-refractivity contribution in [2.24, 2.45) is 11.8 Å². The number of ether oxygens (including phenoxy) is 2. The third-order valence-electron chi connectivity index (χ3n) is 6.40. The van der Waals surface area contributed by atoms with Crippen molar-refractivity contribution in [1.29, 1.82) is 5.26 Å². The number of carbonyl (C=O) groups excluding carboxylic acids is 2. The van der Waals surface area contributed by atoms with Crippen LogP contribution in [0.5, 0.6) is 0 Å². The summed E-state index contributed by atoms with van der Waals surface area (Å²) >= 11 is 0. The minimum atomic E-state index is -0.466. The first kappa shape index (κ1) is 19.9. The normalized spacial score (nSPS) is 26.1. The van der Waals surface area contributed by atoms with Gasteiger partial charge in [-0.25, -0.2) is 0 Å².